The van der Waals surface area contributed by atoms with E-state index in [-0.39, 0.29) is 0 Å². The fourth-order valence-electron chi connectivity index (χ4n) is 1.44. The topological polar surface area (TPSA) is 64.6 Å². The molecule has 16 heavy (non-hydrogen) atoms. The van der Waals surface area contributed by atoms with E-state index in [9.17, 15) is 9.59 Å². The van der Waals surface area contributed by atoms with E-state index in [1.807, 2.05) is 0 Å². The van der Waals surface area contributed by atoms with Crippen LogP contribution in [0.25, 0.3) is 0 Å². The Hall–Kier alpha value is -2.04. The van der Waals surface area contributed by atoms with Crippen molar-refractivity contribution >= 4 is 18.1 Å². The van der Waals surface area contributed by atoms with Crippen LogP contribution in [0.2, 0.25) is 0 Å². The molecule has 0 aliphatic carbocycles. The Bertz CT molecular complexity index is 415. The summed E-state index contributed by atoms with van der Waals surface area (Å²) in [5.74, 6) is 0.0899. The molecule has 0 unspecified atom stereocenters. The third-order valence-electron chi connectivity index (χ3n) is 2.24. The minimum Gasteiger partial charge on any atom is -0.496 e. The number of amides is 1. The summed E-state index contributed by atoms with van der Waals surface area (Å²) in [5, 5.41) is 2.47. The minimum atomic E-state index is -0.505. The molecule has 0 radical (unpaired) electrons. The van der Waals surface area contributed by atoms with Crippen LogP contribution in [0.15, 0.2) is 12.1 Å². The van der Waals surface area contributed by atoms with E-state index in [0.29, 0.717) is 29.0 Å². The van der Waals surface area contributed by atoms with Gasteiger partial charge in [0.05, 0.1) is 25.5 Å². The summed E-state index contributed by atoms with van der Waals surface area (Å²) in [7, 11) is 2.80. The van der Waals surface area contributed by atoms with Gasteiger partial charge in [-0.2, -0.15) is 0 Å². The quantitative estimate of drug-likeness (QED) is 0.618. The van der Waals surface area contributed by atoms with Gasteiger partial charge in [-0.1, -0.05) is 0 Å². The lowest BCUT2D eigenvalue weighted by Crippen LogP contribution is -2.09. The summed E-state index contributed by atoms with van der Waals surface area (Å²) in [4.78, 5) is 21.9. The second kappa shape index (κ2) is 5.16. The number of esters is 1. The lowest BCUT2D eigenvalue weighted by molar-refractivity contribution is -0.105. The average molecular weight is 223 g/mol. The first kappa shape index (κ1) is 12.0. The van der Waals surface area contributed by atoms with Crippen molar-refractivity contribution in [3.05, 3.63) is 23.3 Å². The van der Waals surface area contributed by atoms with Crippen LogP contribution in [0, 0.1) is 6.92 Å². The molecular formula is C11H13NO4. The van der Waals surface area contributed by atoms with Crippen LogP contribution in [-0.4, -0.2) is 26.6 Å². The van der Waals surface area contributed by atoms with Gasteiger partial charge in [-0.25, -0.2) is 4.79 Å². The number of methoxy groups -OCH3 is 2. The van der Waals surface area contributed by atoms with Gasteiger partial charge in [0.1, 0.15) is 5.75 Å². The second-order valence-electron chi connectivity index (χ2n) is 3.07. The third kappa shape index (κ3) is 2.13. The molecule has 0 aromatic heterocycles. The predicted molar refractivity (Wildman–Crippen MR) is 58.8 cm³/mol. The molecule has 0 fully saturated rings. The summed E-state index contributed by atoms with van der Waals surface area (Å²) in [6.07, 6.45) is 0.508. The van der Waals surface area contributed by atoms with Gasteiger partial charge in [0.2, 0.25) is 6.41 Å². The Balaban J connectivity index is 3.33. The number of rotatable bonds is 4. The molecule has 1 rings (SSSR count). The van der Waals surface area contributed by atoms with Crippen LogP contribution in [0.1, 0.15) is 15.9 Å². The highest BCUT2D eigenvalue weighted by Gasteiger charge is 2.16. The highest BCUT2D eigenvalue weighted by Crippen LogP contribution is 2.29. The van der Waals surface area contributed by atoms with Crippen LogP contribution in [-0.2, 0) is 9.53 Å². The highest BCUT2D eigenvalue weighted by atomic mass is 16.5. The van der Waals surface area contributed by atoms with Crippen molar-refractivity contribution in [1.29, 1.82) is 0 Å². The number of ether oxygens (including phenoxy) is 2. The maximum atomic E-state index is 11.4. The summed E-state index contributed by atoms with van der Waals surface area (Å²) < 4.78 is 9.71. The first-order valence-corrected chi connectivity index (χ1v) is 4.61. The molecule has 5 nitrogen and oxygen atoms in total. The summed E-state index contributed by atoms with van der Waals surface area (Å²) in [6, 6.07) is 3.20. The Kier molecular flexibility index (Phi) is 3.88. The summed E-state index contributed by atoms with van der Waals surface area (Å²) in [6.45, 7) is 1.75. The molecule has 1 amide bonds. The summed E-state index contributed by atoms with van der Waals surface area (Å²) in [5.41, 5.74) is 1.38. The van der Waals surface area contributed by atoms with Crippen molar-refractivity contribution < 1.29 is 19.1 Å². The van der Waals surface area contributed by atoms with Crippen LogP contribution in [0.5, 0.6) is 5.75 Å². The first-order chi connectivity index (χ1) is 7.65. The van der Waals surface area contributed by atoms with Gasteiger partial charge in [0, 0.05) is 5.56 Å². The molecule has 0 aliphatic heterocycles. The molecule has 0 atom stereocenters. The maximum absolute atomic E-state index is 11.4. The van der Waals surface area contributed by atoms with Crippen molar-refractivity contribution in [2.45, 2.75) is 6.92 Å². The number of anilines is 1. The molecular weight excluding hydrogens is 210 g/mol. The standard InChI is InChI=1S/C11H13NO4/c1-7-9(15-2)5-4-8(11(14)16-3)10(7)12-6-13/h4-6H,1-3H3,(H,12,13). The van der Waals surface area contributed by atoms with Gasteiger partial charge >= 0.3 is 5.97 Å². The number of hydrogen-bond donors (Lipinski definition) is 1. The van der Waals surface area contributed by atoms with E-state index < -0.39 is 5.97 Å². The van der Waals surface area contributed by atoms with Crippen LogP contribution in [0.3, 0.4) is 0 Å². The number of carbonyl (C=O) groups is 2. The third-order valence-corrected chi connectivity index (χ3v) is 2.24. The molecule has 5 heteroatoms. The van der Waals surface area contributed by atoms with E-state index in [0.717, 1.165) is 0 Å². The normalized spacial score (nSPS) is 9.44. The van der Waals surface area contributed by atoms with E-state index in [1.165, 1.54) is 14.2 Å². The van der Waals surface area contributed by atoms with Crippen molar-refractivity contribution in [2.24, 2.45) is 0 Å². The summed E-state index contributed by atoms with van der Waals surface area (Å²) >= 11 is 0. The van der Waals surface area contributed by atoms with Gasteiger partial charge in [-0.05, 0) is 19.1 Å². The average Bonchev–Trinajstić information content (AvgIpc) is 2.31. The molecule has 0 bridgehead atoms. The van der Waals surface area contributed by atoms with Gasteiger partial charge in [-0.3, -0.25) is 4.79 Å². The zero-order valence-electron chi connectivity index (χ0n) is 9.37. The monoisotopic (exact) mass is 223 g/mol. The zero-order valence-corrected chi connectivity index (χ0v) is 9.37. The zero-order chi connectivity index (χ0) is 12.1. The Morgan fingerprint density at radius 3 is 2.56 bits per heavy atom. The van der Waals surface area contributed by atoms with Crippen molar-refractivity contribution in [2.75, 3.05) is 19.5 Å². The Labute approximate surface area is 93.4 Å². The maximum Gasteiger partial charge on any atom is 0.339 e. The van der Waals surface area contributed by atoms with Crippen LogP contribution >= 0.6 is 0 Å². The van der Waals surface area contributed by atoms with E-state index in [4.69, 9.17) is 4.74 Å². The second-order valence-corrected chi connectivity index (χ2v) is 3.07. The van der Waals surface area contributed by atoms with E-state index in [2.05, 4.69) is 10.1 Å². The molecule has 0 heterocycles. The van der Waals surface area contributed by atoms with Gasteiger partial charge < -0.3 is 14.8 Å². The molecule has 1 N–H and O–H groups in total. The van der Waals surface area contributed by atoms with Crippen molar-refractivity contribution in [1.82, 2.24) is 0 Å². The Morgan fingerprint density at radius 1 is 1.38 bits per heavy atom. The fourth-order valence-corrected chi connectivity index (χ4v) is 1.44. The highest BCUT2D eigenvalue weighted by molar-refractivity contribution is 5.99. The largest absolute Gasteiger partial charge is 0.496 e. The van der Waals surface area contributed by atoms with E-state index in [1.54, 1.807) is 19.1 Å². The fraction of sp³-hybridized carbons (Fsp3) is 0.273. The SMILES string of the molecule is COC(=O)c1ccc(OC)c(C)c1NC=O. The Morgan fingerprint density at radius 2 is 2.06 bits per heavy atom. The van der Waals surface area contributed by atoms with Crippen molar-refractivity contribution in [3.63, 3.8) is 0 Å². The number of nitrogens with one attached hydrogen (secondary N) is 1. The molecule has 0 saturated carbocycles. The van der Waals surface area contributed by atoms with Gasteiger partial charge in [0.15, 0.2) is 0 Å². The van der Waals surface area contributed by atoms with Gasteiger partial charge in [0.25, 0.3) is 0 Å². The molecule has 1 aromatic carbocycles. The van der Waals surface area contributed by atoms with Gasteiger partial charge in [-0.15, -0.1) is 0 Å². The minimum absolute atomic E-state index is 0.299. The lowest BCUT2D eigenvalue weighted by Gasteiger charge is -2.13. The first-order valence-electron chi connectivity index (χ1n) is 4.61. The van der Waals surface area contributed by atoms with E-state index >= 15 is 0 Å². The number of carbonyl (C=O) groups excluding carboxylic acids is 2. The predicted octanol–water partition coefficient (Wildman–Crippen LogP) is 1.36. The smallest absolute Gasteiger partial charge is 0.339 e. The number of hydrogen-bond acceptors (Lipinski definition) is 4. The van der Waals surface area contributed by atoms with Crippen molar-refractivity contribution in [3.8, 4) is 5.75 Å². The molecule has 0 saturated heterocycles. The molecule has 1 aromatic rings. The molecule has 0 spiro atoms. The number of benzene rings is 1. The molecule has 86 valence electrons. The van der Waals surface area contributed by atoms with Crippen LogP contribution < -0.4 is 10.1 Å². The molecule has 0 aliphatic rings. The lowest BCUT2D eigenvalue weighted by atomic mass is 10.1. The van der Waals surface area contributed by atoms with Crippen LogP contribution in [0.4, 0.5) is 5.69 Å².